The quantitative estimate of drug-likeness (QED) is 0.702. The molecule has 0 spiro atoms. The van der Waals surface area contributed by atoms with Gasteiger partial charge in [0, 0.05) is 13.1 Å². The van der Waals surface area contributed by atoms with Gasteiger partial charge in [-0.1, -0.05) is 6.07 Å². The average Bonchev–Trinajstić information content (AvgIpc) is 2.38. The van der Waals surface area contributed by atoms with Gasteiger partial charge >= 0.3 is 0 Å². The first-order valence-electron chi connectivity index (χ1n) is 6.02. The van der Waals surface area contributed by atoms with E-state index in [4.69, 9.17) is 5.73 Å². The summed E-state index contributed by atoms with van der Waals surface area (Å²) in [6.07, 6.45) is -2.56. The molecule has 0 bridgehead atoms. The molecular weight excluding hydrogens is 290 g/mol. The third-order valence-corrected chi connectivity index (χ3v) is 4.09. The van der Waals surface area contributed by atoms with E-state index in [1.165, 1.54) is 12.1 Å². The molecule has 0 unspecified atom stereocenters. The summed E-state index contributed by atoms with van der Waals surface area (Å²) in [6.45, 7) is 1.19. The van der Waals surface area contributed by atoms with Crippen LogP contribution in [0.5, 0.6) is 0 Å². The van der Waals surface area contributed by atoms with Crippen LogP contribution in [0.15, 0.2) is 23.1 Å². The molecule has 0 aliphatic rings. The second-order valence-corrected chi connectivity index (χ2v) is 5.92. The second kappa shape index (κ2) is 7.63. The zero-order chi connectivity index (χ0) is 15.2. The van der Waals surface area contributed by atoms with Gasteiger partial charge in [0.05, 0.1) is 11.5 Å². The van der Waals surface area contributed by atoms with Crippen molar-refractivity contribution in [1.29, 1.82) is 0 Å². The molecule has 0 saturated carbocycles. The largest absolute Gasteiger partial charge is 0.374 e. The van der Waals surface area contributed by atoms with E-state index in [-0.39, 0.29) is 24.6 Å². The molecule has 1 rings (SSSR count). The fraction of sp³-hybridized carbons (Fsp3) is 0.500. The zero-order valence-corrected chi connectivity index (χ0v) is 11.9. The lowest BCUT2D eigenvalue weighted by atomic mass is 10.1. The van der Waals surface area contributed by atoms with E-state index in [0.717, 1.165) is 11.1 Å². The maximum absolute atomic E-state index is 12.0. The van der Waals surface area contributed by atoms with Gasteiger partial charge in [0.25, 0.3) is 6.43 Å². The van der Waals surface area contributed by atoms with Crippen LogP contribution in [-0.4, -0.2) is 34.6 Å². The summed E-state index contributed by atoms with van der Waals surface area (Å²) in [6, 6.07) is 4.64. The number of alkyl halides is 2. The van der Waals surface area contributed by atoms with Crippen molar-refractivity contribution in [3.63, 3.8) is 0 Å². The summed E-state index contributed by atoms with van der Waals surface area (Å²) in [4.78, 5) is 0.0948. The SMILES string of the molecule is Cc1ccc(S(=O)(=O)NCCOCC(F)F)cc1CN. The van der Waals surface area contributed by atoms with Gasteiger partial charge in [-0.05, 0) is 30.2 Å². The molecule has 114 valence electrons. The minimum absolute atomic E-state index is 0.0686. The second-order valence-electron chi connectivity index (χ2n) is 4.16. The highest BCUT2D eigenvalue weighted by Gasteiger charge is 2.14. The van der Waals surface area contributed by atoms with Gasteiger partial charge in [0.15, 0.2) is 0 Å². The number of hydrogen-bond acceptors (Lipinski definition) is 4. The number of sulfonamides is 1. The van der Waals surface area contributed by atoms with Crippen molar-refractivity contribution in [3.8, 4) is 0 Å². The smallest absolute Gasteiger partial charge is 0.261 e. The lowest BCUT2D eigenvalue weighted by molar-refractivity contribution is 0.0199. The number of benzene rings is 1. The van der Waals surface area contributed by atoms with E-state index in [1.54, 1.807) is 6.07 Å². The molecule has 0 aliphatic heterocycles. The summed E-state index contributed by atoms with van der Waals surface area (Å²) in [7, 11) is -3.68. The number of nitrogens with two attached hydrogens (primary N) is 1. The van der Waals surface area contributed by atoms with E-state index < -0.39 is 23.1 Å². The molecule has 1 aromatic carbocycles. The van der Waals surface area contributed by atoms with Crippen LogP contribution in [0.1, 0.15) is 11.1 Å². The highest BCUT2D eigenvalue weighted by Crippen LogP contribution is 2.14. The van der Waals surface area contributed by atoms with Crippen molar-refractivity contribution in [2.24, 2.45) is 5.73 Å². The maximum Gasteiger partial charge on any atom is 0.261 e. The monoisotopic (exact) mass is 308 g/mol. The molecule has 0 atom stereocenters. The molecule has 5 nitrogen and oxygen atoms in total. The van der Waals surface area contributed by atoms with Gasteiger partial charge < -0.3 is 10.5 Å². The minimum Gasteiger partial charge on any atom is -0.374 e. The molecule has 0 aliphatic carbocycles. The number of halogens is 2. The van der Waals surface area contributed by atoms with Crippen LogP contribution >= 0.6 is 0 Å². The Hall–Kier alpha value is -1.09. The topological polar surface area (TPSA) is 81.4 Å². The Morgan fingerprint density at radius 2 is 2.10 bits per heavy atom. The van der Waals surface area contributed by atoms with Gasteiger partial charge in [-0.3, -0.25) is 0 Å². The zero-order valence-electron chi connectivity index (χ0n) is 11.1. The van der Waals surface area contributed by atoms with Crippen molar-refractivity contribution in [1.82, 2.24) is 4.72 Å². The molecule has 0 fully saturated rings. The third kappa shape index (κ3) is 5.12. The fourth-order valence-electron chi connectivity index (χ4n) is 1.54. The van der Waals surface area contributed by atoms with Crippen molar-refractivity contribution in [2.45, 2.75) is 24.8 Å². The molecule has 0 heterocycles. The summed E-state index contributed by atoms with van der Waals surface area (Å²) >= 11 is 0. The van der Waals surface area contributed by atoms with Crippen LogP contribution in [0, 0.1) is 6.92 Å². The van der Waals surface area contributed by atoms with Crippen LogP contribution in [0.3, 0.4) is 0 Å². The Balaban J connectivity index is 2.60. The molecule has 8 heteroatoms. The molecule has 3 N–H and O–H groups in total. The summed E-state index contributed by atoms with van der Waals surface area (Å²) in [5, 5.41) is 0. The lowest BCUT2D eigenvalue weighted by Gasteiger charge is -2.10. The van der Waals surface area contributed by atoms with Crippen LogP contribution < -0.4 is 10.5 Å². The number of nitrogens with one attached hydrogen (secondary N) is 1. The van der Waals surface area contributed by atoms with Gasteiger partial charge in [-0.25, -0.2) is 21.9 Å². The van der Waals surface area contributed by atoms with Gasteiger partial charge in [-0.2, -0.15) is 0 Å². The Labute approximate surface area is 117 Å². The van der Waals surface area contributed by atoms with E-state index in [9.17, 15) is 17.2 Å². The summed E-state index contributed by atoms with van der Waals surface area (Å²) < 4.78 is 54.4. The van der Waals surface area contributed by atoms with Crippen molar-refractivity contribution in [2.75, 3.05) is 19.8 Å². The first kappa shape index (κ1) is 17.0. The summed E-state index contributed by atoms with van der Waals surface area (Å²) in [5.74, 6) is 0. The first-order valence-corrected chi connectivity index (χ1v) is 7.50. The fourth-order valence-corrected chi connectivity index (χ4v) is 2.60. The molecule has 1 aromatic rings. The van der Waals surface area contributed by atoms with Crippen LogP contribution in [0.4, 0.5) is 8.78 Å². The predicted octanol–water partition coefficient (Wildman–Crippen LogP) is 1.01. The number of aryl methyl sites for hydroxylation is 1. The minimum atomic E-state index is -3.68. The van der Waals surface area contributed by atoms with E-state index >= 15 is 0 Å². The van der Waals surface area contributed by atoms with Crippen molar-refractivity contribution in [3.05, 3.63) is 29.3 Å². The number of hydrogen-bond donors (Lipinski definition) is 2. The Kier molecular flexibility index (Phi) is 6.47. The lowest BCUT2D eigenvalue weighted by Crippen LogP contribution is -2.28. The van der Waals surface area contributed by atoms with Crippen LogP contribution in [-0.2, 0) is 21.3 Å². The van der Waals surface area contributed by atoms with Gasteiger partial charge in [0.2, 0.25) is 10.0 Å². The van der Waals surface area contributed by atoms with Gasteiger partial charge in [0.1, 0.15) is 6.61 Å². The molecule has 0 aromatic heterocycles. The van der Waals surface area contributed by atoms with Crippen molar-refractivity contribution >= 4 is 10.0 Å². The molecule has 20 heavy (non-hydrogen) atoms. The molecule has 0 radical (unpaired) electrons. The van der Waals surface area contributed by atoms with Crippen LogP contribution in [0.2, 0.25) is 0 Å². The highest BCUT2D eigenvalue weighted by atomic mass is 32.2. The average molecular weight is 308 g/mol. The molecule has 0 saturated heterocycles. The molecule has 0 amide bonds. The standard InChI is InChI=1S/C12H18F2N2O3S/c1-9-2-3-11(6-10(9)7-15)20(17,18)16-4-5-19-8-12(13)14/h2-3,6,12,16H,4-5,7-8,15H2,1H3. The molecular formula is C12H18F2N2O3S. The van der Waals surface area contributed by atoms with E-state index in [0.29, 0.717) is 0 Å². The van der Waals surface area contributed by atoms with E-state index in [2.05, 4.69) is 9.46 Å². The maximum atomic E-state index is 12.0. The highest BCUT2D eigenvalue weighted by molar-refractivity contribution is 7.89. The Morgan fingerprint density at radius 3 is 2.70 bits per heavy atom. The summed E-state index contributed by atoms with van der Waals surface area (Å²) in [5.41, 5.74) is 7.17. The number of ether oxygens (including phenoxy) is 1. The normalized spacial score (nSPS) is 12.1. The number of rotatable bonds is 8. The Bertz CT molecular complexity index is 536. The Morgan fingerprint density at radius 1 is 1.40 bits per heavy atom. The predicted molar refractivity (Wildman–Crippen MR) is 71.1 cm³/mol. The van der Waals surface area contributed by atoms with Crippen molar-refractivity contribution < 1.29 is 21.9 Å². The van der Waals surface area contributed by atoms with Gasteiger partial charge in [-0.15, -0.1) is 0 Å². The third-order valence-electron chi connectivity index (χ3n) is 2.63. The van der Waals surface area contributed by atoms with E-state index in [1.807, 2.05) is 6.92 Å². The first-order chi connectivity index (χ1) is 9.36. The van der Waals surface area contributed by atoms with Crippen LogP contribution in [0.25, 0.3) is 0 Å².